The lowest BCUT2D eigenvalue weighted by molar-refractivity contribution is 0.222. The zero-order valence-corrected chi connectivity index (χ0v) is 21.7. The summed E-state index contributed by atoms with van der Waals surface area (Å²) in [5.41, 5.74) is 2.67. The van der Waals surface area contributed by atoms with Crippen LogP contribution < -0.4 is 5.32 Å². The number of benzene rings is 1. The van der Waals surface area contributed by atoms with Crippen molar-refractivity contribution in [3.63, 3.8) is 0 Å². The van der Waals surface area contributed by atoms with Crippen LogP contribution in [-0.4, -0.2) is 78.8 Å². The van der Waals surface area contributed by atoms with Gasteiger partial charge in [0.25, 0.3) is 0 Å². The van der Waals surface area contributed by atoms with E-state index in [1.54, 1.807) is 52.3 Å². The van der Waals surface area contributed by atoms with Gasteiger partial charge >= 0.3 is 0 Å². The van der Waals surface area contributed by atoms with Gasteiger partial charge in [-0.1, -0.05) is 6.42 Å². The SMILES string of the molecule is CN1CCN(S(=O)(=O)c2ccc(Nc3cncc(-c4csc(CN5CCCCC5)c4)n3)cc2)CC1. The first-order valence-electron chi connectivity index (χ1n) is 12.2. The molecule has 0 bridgehead atoms. The van der Waals surface area contributed by atoms with Crippen LogP contribution in [0.4, 0.5) is 11.5 Å². The molecular weight excluding hydrogens is 480 g/mol. The van der Waals surface area contributed by atoms with Crippen LogP contribution in [0.1, 0.15) is 24.1 Å². The number of likely N-dealkylation sites (N-methyl/N-ethyl adjacent to an activating group) is 1. The number of hydrogen-bond donors (Lipinski definition) is 1. The highest BCUT2D eigenvalue weighted by Crippen LogP contribution is 2.27. The largest absolute Gasteiger partial charge is 0.339 e. The summed E-state index contributed by atoms with van der Waals surface area (Å²) in [5, 5.41) is 5.40. The van der Waals surface area contributed by atoms with Gasteiger partial charge in [0, 0.05) is 54.2 Å². The van der Waals surface area contributed by atoms with E-state index in [1.165, 1.54) is 37.2 Å². The van der Waals surface area contributed by atoms with Crippen molar-refractivity contribution in [2.75, 3.05) is 51.6 Å². The highest BCUT2D eigenvalue weighted by atomic mass is 32.2. The zero-order chi connectivity index (χ0) is 24.3. The molecule has 2 aliphatic heterocycles. The molecule has 0 radical (unpaired) electrons. The van der Waals surface area contributed by atoms with E-state index < -0.39 is 10.0 Å². The standard InChI is InChI=1S/C25H32N6O2S2/c1-29-11-13-31(14-12-29)35(32,33)23-7-5-21(6-8-23)27-25-17-26-16-24(28-25)20-15-22(34-19-20)18-30-9-3-2-4-10-30/h5-8,15-17,19H,2-4,9-14,18H2,1H3,(H,27,28). The summed E-state index contributed by atoms with van der Waals surface area (Å²) in [6.07, 6.45) is 7.39. The monoisotopic (exact) mass is 512 g/mol. The van der Waals surface area contributed by atoms with Crippen LogP contribution in [0.5, 0.6) is 0 Å². The Labute approximate surface area is 211 Å². The summed E-state index contributed by atoms with van der Waals surface area (Å²) in [4.78, 5) is 15.4. The van der Waals surface area contributed by atoms with E-state index in [9.17, 15) is 8.42 Å². The third-order valence-electron chi connectivity index (χ3n) is 6.64. The second-order valence-corrected chi connectivity index (χ2v) is 12.2. The number of aromatic nitrogens is 2. The molecule has 1 N–H and O–H groups in total. The summed E-state index contributed by atoms with van der Waals surface area (Å²) >= 11 is 1.77. The van der Waals surface area contributed by atoms with E-state index >= 15 is 0 Å². The van der Waals surface area contributed by atoms with E-state index in [-0.39, 0.29) is 0 Å². The Morgan fingerprint density at radius 3 is 2.46 bits per heavy atom. The first-order valence-corrected chi connectivity index (χ1v) is 14.5. The number of thiophene rings is 1. The molecule has 2 aromatic heterocycles. The van der Waals surface area contributed by atoms with Crippen LogP contribution in [0.25, 0.3) is 11.3 Å². The number of piperazine rings is 1. The van der Waals surface area contributed by atoms with Crippen molar-refractivity contribution < 1.29 is 8.42 Å². The topological polar surface area (TPSA) is 81.7 Å². The lowest BCUT2D eigenvalue weighted by Crippen LogP contribution is -2.46. The number of nitrogens with one attached hydrogen (secondary N) is 1. The predicted octanol–water partition coefficient (Wildman–Crippen LogP) is 3.87. The normalized spacial score (nSPS) is 18.5. The molecule has 3 aromatic rings. The van der Waals surface area contributed by atoms with Crippen molar-refractivity contribution in [3.8, 4) is 11.3 Å². The second-order valence-electron chi connectivity index (χ2n) is 9.28. The fourth-order valence-electron chi connectivity index (χ4n) is 4.54. The van der Waals surface area contributed by atoms with Gasteiger partial charge in [-0.2, -0.15) is 4.31 Å². The summed E-state index contributed by atoms with van der Waals surface area (Å²) < 4.78 is 27.5. The van der Waals surface area contributed by atoms with Crippen molar-refractivity contribution >= 4 is 32.9 Å². The molecule has 0 amide bonds. The van der Waals surface area contributed by atoms with Crippen molar-refractivity contribution in [1.82, 2.24) is 24.1 Å². The number of rotatable bonds is 7. The average molecular weight is 513 g/mol. The minimum Gasteiger partial charge on any atom is -0.339 e. The summed E-state index contributed by atoms with van der Waals surface area (Å²) in [6, 6.07) is 9.07. The average Bonchev–Trinajstić information content (AvgIpc) is 3.34. The minimum absolute atomic E-state index is 0.312. The molecule has 2 fully saturated rings. The summed E-state index contributed by atoms with van der Waals surface area (Å²) in [6.45, 7) is 5.89. The molecule has 10 heteroatoms. The molecular formula is C25H32N6O2S2. The molecule has 1 aromatic carbocycles. The highest BCUT2D eigenvalue weighted by molar-refractivity contribution is 7.89. The molecule has 0 spiro atoms. The lowest BCUT2D eigenvalue weighted by atomic mass is 10.1. The fourth-order valence-corrected chi connectivity index (χ4v) is 6.88. The maximum atomic E-state index is 13.0. The van der Waals surface area contributed by atoms with Crippen molar-refractivity contribution in [3.05, 3.63) is 53.0 Å². The van der Waals surface area contributed by atoms with Crippen LogP contribution in [0.2, 0.25) is 0 Å². The Morgan fingerprint density at radius 1 is 0.971 bits per heavy atom. The Morgan fingerprint density at radius 2 is 1.71 bits per heavy atom. The van der Waals surface area contributed by atoms with E-state index in [0.717, 1.165) is 36.6 Å². The van der Waals surface area contributed by atoms with Gasteiger partial charge in [0.2, 0.25) is 10.0 Å². The number of nitrogens with zero attached hydrogens (tertiary/aromatic N) is 5. The molecule has 0 atom stereocenters. The third-order valence-corrected chi connectivity index (χ3v) is 9.47. The first-order chi connectivity index (χ1) is 17.0. The highest BCUT2D eigenvalue weighted by Gasteiger charge is 2.27. The van der Waals surface area contributed by atoms with E-state index in [0.29, 0.717) is 23.8 Å². The number of anilines is 2. The summed E-state index contributed by atoms with van der Waals surface area (Å²) in [5.74, 6) is 0.626. The first kappa shape index (κ1) is 24.3. The third kappa shape index (κ3) is 5.90. The molecule has 4 heterocycles. The van der Waals surface area contributed by atoms with Gasteiger partial charge in [-0.15, -0.1) is 11.3 Å². The Bertz CT molecular complexity index is 1230. The van der Waals surface area contributed by atoms with Crippen LogP contribution in [0.15, 0.2) is 53.0 Å². The van der Waals surface area contributed by atoms with E-state index in [2.05, 4.69) is 31.5 Å². The van der Waals surface area contributed by atoms with Crippen LogP contribution in [-0.2, 0) is 16.6 Å². The van der Waals surface area contributed by atoms with E-state index in [1.807, 2.05) is 7.05 Å². The Kier molecular flexibility index (Phi) is 7.45. The predicted molar refractivity (Wildman–Crippen MR) is 140 cm³/mol. The maximum absolute atomic E-state index is 13.0. The molecule has 186 valence electrons. The smallest absolute Gasteiger partial charge is 0.243 e. The molecule has 0 aliphatic carbocycles. The number of sulfonamides is 1. The molecule has 0 unspecified atom stereocenters. The number of likely N-dealkylation sites (tertiary alicyclic amines) is 1. The van der Waals surface area contributed by atoms with Gasteiger partial charge in [-0.25, -0.2) is 13.4 Å². The molecule has 2 aliphatic rings. The van der Waals surface area contributed by atoms with E-state index in [4.69, 9.17) is 4.98 Å². The second kappa shape index (κ2) is 10.7. The van der Waals surface area contributed by atoms with Crippen molar-refractivity contribution in [2.45, 2.75) is 30.7 Å². The van der Waals surface area contributed by atoms with Crippen LogP contribution in [0.3, 0.4) is 0 Å². The number of piperidine rings is 1. The molecule has 8 nitrogen and oxygen atoms in total. The molecule has 35 heavy (non-hydrogen) atoms. The van der Waals surface area contributed by atoms with Gasteiger partial charge in [0.15, 0.2) is 0 Å². The summed E-state index contributed by atoms with van der Waals surface area (Å²) in [7, 11) is -1.47. The van der Waals surface area contributed by atoms with Gasteiger partial charge in [-0.3, -0.25) is 9.88 Å². The molecule has 5 rings (SSSR count). The lowest BCUT2D eigenvalue weighted by Gasteiger charge is -2.31. The molecule has 2 saturated heterocycles. The van der Waals surface area contributed by atoms with Gasteiger partial charge < -0.3 is 10.2 Å². The zero-order valence-electron chi connectivity index (χ0n) is 20.1. The van der Waals surface area contributed by atoms with Crippen LogP contribution in [0, 0.1) is 0 Å². The van der Waals surface area contributed by atoms with Gasteiger partial charge in [0.1, 0.15) is 5.82 Å². The van der Waals surface area contributed by atoms with Gasteiger partial charge in [0.05, 0.1) is 23.0 Å². The Hall–Kier alpha value is -2.37. The maximum Gasteiger partial charge on any atom is 0.243 e. The van der Waals surface area contributed by atoms with Crippen molar-refractivity contribution in [1.29, 1.82) is 0 Å². The molecule has 0 saturated carbocycles. The van der Waals surface area contributed by atoms with Gasteiger partial charge in [-0.05, 0) is 63.3 Å². The fraction of sp³-hybridized carbons (Fsp3) is 0.440. The number of hydrogen-bond acceptors (Lipinski definition) is 8. The van der Waals surface area contributed by atoms with Crippen molar-refractivity contribution in [2.24, 2.45) is 0 Å². The Balaban J connectivity index is 1.24. The minimum atomic E-state index is -3.48. The quantitative estimate of drug-likeness (QED) is 0.515. The van der Waals surface area contributed by atoms with Crippen LogP contribution >= 0.6 is 11.3 Å².